The number of methoxy groups -OCH3 is 1. The van der Waals surface area contributed by atoms with Crippen molar-refractivity contribution in [3.05, 3.63) is 86.0 Å². The molecule has 3 aromatic carbocycles. The highest BCUT2D eigenvalue weighted by Crippen LogP contribution is 2.42. The molecule has 0 bridgehead atoms. The van der Waals surface area contributed by atoms with Crippen molar-refractivity contribution in [2.24, 2.45) is 0 Å². The molecule has 0 saturated heterocycles. The number of carbonyl (C=O) groups excluding carboxylic acids is 1. The number of aryl methyl sites for hydroxylation is 4. The Morgan fingerprint density at radius 3 is 1.73 bits per heavy atom. The molecule has 0 amide bonds. The monoisotopic (exact) mass is 403 g/mol. The summed E-state index contributed by atoms with van der Waals surface area (Å²) in [7, 11) is 1.28. The minimum atomic E-state index is -0.596. The lowest BCUT2D eigenvalue weighted by atomic mass is 9.86. The average molecular weight is 403 g/mol. The molecule has 0 aliphatic carbocycles. The number of esters is 1. The molecule has 0 N–H and O–H groups in total. The summed E-state index contributed by atoms with van der Waals surface area (Å²) in [5, 5.41) is 12.0. The Labute approximate surface area is 176 Å². The van der Waals surface area contributed by atoms with Crippen LogP contribution in [0.4, 0.5) is 5.69 Å². The predicted octanol–water partition coefficient (Wildman–Crippen LogP) is 6.26. The van der Waals surface area contributed by atoms with Gasteiger partial charge in [-0.05, 0) is 73.6 Å². The fraction of sp³-hybridized carbons (Fsp3) is 0.240. The first-order valence-corrected chi connectivity index (χ1v) is 9.71. The number of nitro groups is 1. The van der Waals surface area contributed by atoms with Crippen molar-refractivity contribution in [1.82, 2.24) is 0 Å². The summed E-state index contributed by atoms with van der Waals surface area (Å²) in [6.07, 6.45) is 0. The first-order chi connectivity index (χ1) is 14.1. The molecule has 3 aromatic rings. The van der Waals surface area contributed by atoms with Gasteiger partial charge in [-0.1, -0.05) is 36.4 Å². The number of benzene rings is 3. The van der Waals surface area contributed by atoms with Gasteiger partial charge in [0, 0.05) is 11.6 Å². The molecule has 30 heavy (non-hydrogen) atoms. The molecule has 0 saturated carbocycles. The van der Waals surface area contributed by atoms with E-state index in [2.05, 4.69) is 0 Å². The van der Waals surface area contributed by atoms with Gasteiger partial charge in [0.05, 0.1) is 23.2 Å². The van der Waals surface area contributed by atoms with Gasteiger partial charge in [-0.2, -0.15) is 0 Å². The fourth-order valence-electron chi connectivity index (χ4n) is 3.75. The summed E-state index contributed by atoms with van der Waals surface area (Å²) < 4.78 is 4.96. The van der Waals surface area contributed by atoms with Crippen molar-refractivity contribution in [3.8, 4) is 22.3 Å². The molecule has 0 unspecified atom stereocenters. The highest BCUT2D eigenvalue weighted by atomic mass is 16.6. The SMILES string of the molecule is COC(=O)c1cc([N+](=O)[O-])c(-c2ccc(C)c(C)c2)c(C)c1-c1ccc(C)c(C)c1. The van der Waals surface area contributed by atoms with Crippen LogP contribution in [-0.4, -0.2) is 18.0 Å². The minimum Gasteiger partial charge on any atom is -0.465 e. The molecule has 5 nitrogen and oxygen atoms in total. The van der Waals surface area contributed by atoms with Gasteiger partial charge in [-0.15, -0.1) is 0 Å². The zero-order chi connectivity index (χ0) is 22.2. The lowest BCUT2D eigenvalue weighted by Crippen LogP contribution is -2.08. The van der Waals surface area contributed by atoms with Crippen LogP contribution < -0.4 is 0 Å². The Morgan fingerprint density at radius 1 is 0.800 bits per heavy atom. The molecule has 0 atom stereocenters. The van der Waals surface area contributed by atoms with Crippen molar-refractivity contribution in [1.29, 1.82) is 0 Å². The van der Waals surface area contributed by atoms with Crippen molar-refractivity contribution in [2.75, 3.05) is 7.11 Å². The minimum absolute atomic E-state index is 0.108. The summed E-state index contributed by atoms with van der Waals surface area (Å²) in [4.78, 5) is 24.1. The van der Waals surface area contributed by atoms with Crippen LogP contribution in [0.15, 0.2) is 42.5 Å². The average Bonchev–Trinajstić information content (AvgIpc) is 2.71. The maximum atomic E-state index is 12.6. The number of hydrogen-bond acceptors (Lipinski definition) is 4. The zero-order valence-corrected chi connectivity index (χ0v) is 18.1. The molecule has 154 valence electrons. The van der Waals surface area contributed by atoms with E-state index in [1.165, 1.54) is 13.2 Å². The van der Waals surface area contributed by atoms with Crippen LogP contribution in [-0.2, 0) is 4.74 Å². The summed E-state index contributed by atoms with van der Waals surface area (Å²) in [6.45, 7) is 9.83. The molecule has 0 radical (unpaired) electrons. The molecule has 0 spiro atoms. The third-order valence-corrected chi connectivity index (χ3v) is 5.75. The molecule has 0 aliphatic rings. The molecular weight excluding hydrogens is 378 g/mol. The maximum absolute atomic E-state index is 12.6. The Balaban J connectivity index is 2.45. The van der Waals surface area contributed by atoms with Crippen LogP contribution in [0.3, 0.4) is 0 Å². The van der Waals surface area contributed by atoms with E-state index in [0.717, 1.165) is 33.4 Å². The highest BCUT2D eigenvalue weighted by Gasteiger charge is 2.27. The van der Waals surface area contributed by atoms with E-state index < -0.39 is 10.9 Å². The Morgan fingerprint density at radius 2 is 1.30 bits per heavy atom. The molecule has 3 rings (SSSR count). The number of hydrogen-bond donors (Lipinski definition) is 0. The van der Waals surface area contributed by atoms with E-state index in [1.807, 2.05) is 71.0 Å². The fourth-order valence-corrected chi connectivity index (χ4v) is 3.75. The first kappa shape index (κ1) is 21.2. The lowest BCUT2D eigenvalue weighted by Gasteiger charge is -2.18. The molecule has 5 heteroatoms. The van der Waals surface area contributed by atoms with Gasteiger partial charge in [-0.25, -0.2) is 4.79 Å². The van der Waals surface area contributed by atoms with Crippen molar-refractivity contribution < 1.29 is 14.5 Å². The third-order valence-electron chi connectivity index (χ3n) is 5.75. The van der Waals surface area contributed by atoms with E-state index in [1.54, 1.807) is 0 Å². The van der Waals surface area contributed by atoms with Crippen molar-refractivity contribution in [3.63, 3.8) is 0 Å². The summed E-state index contributed by atoms with van der Waals surface area (Å²) in [5.74, 6) is -0.596. The lowest BCUT2D eigenvalue weighted by molar-refractivity contribution is -0.384. The van der Waals surface area contributed by atoms with Crippen LogP contribution >= 0.6 is 0 Å². The maximum Gasteiger partial charge on any atom is 0.338 e. The first-order valence-electron chi connectivity index (χ1n) is 9.71. The van der Waals surface area contributed by atoms with E-state index in [9.17, 15) is 14.9 Å². The molecule has 0 aliphatic heterocycles. The summed E-state index contributed by atoms with van der Waals surface area (Å²) >= 11 is 0. The van der Waals surface area contributed by atoms with Crippen LogP contribution in [0.1, 0.15) is 38.2 Å². The van der Waals surface area contributed by atoms with Crippen LogP contribution in [0.25, 0.3) is 22.3 Å². The highest BCUT2D eigenvalue weighted by molar-refractivity contribution is 6.02. The second-order valence-corrected chi connectivity index (χ2v) is 7.67. The predicted molar refractivity (Wildman–Crippen MR) is 119 cm³/mol. The largest absolute Gasteiger partial charge is 0.465 e. The topological polar surface area (TPSA) is 69.4 Å². The zero-order valence-electron chi connectivity index (χ0n) is 18.1. The van der Waals surface area contributed by atoms with Gasteiger partial charge in [0.25, 0.3) is 5.69 Å². The number of nitrogens with zero attached hydrogens (tertiary/aromatic N) is 1. The number of ether oxygens (including phenoxy) is 1. The third kappa shape index (κ3) is 3.71. The van der Waals surface area contributed by atoms with Gasteiger partial charge < -0.3 is 4.74 Å². The summed E-state index contributed by atoms with van der Waals surface area (Å²) in [5.41, 5.74) is 7.89. The number of rotatable bonds is 4. The smallest absolute Gasteiger partial charge is 0.338 e. The van der Waals surface area contributed by atoms with Crippen LogP contribution in [0.5, 0.6) is 0 Å². The Hall–Kier alpha value is -3.47. The number of nitro benzene ring substituents is 1. The summed E-state index contributed by atoms with van der Waals surface area (Å²) in [6, 6.07) is 13.1. The van der Waals surface area contributed by atoms with Crippen molar-refractivity contribution in [2.45, 2.75) is 34.6 Å². The second kappa shape index (κ2) is 8.11. The van der Waals surface area contributed by atoms with Gasteiger partial charge in [0.1, 0.15) is 0 Å². The van der Waals surface area contributed by atoms with Gasteiger partial charge >= 0.3 is 5.97 Å². The standard InChI is InChI=1S/C25H25NO4/c1-14-7-9-19(11-16(14)3)23-18(5)24(20-10-8-15(2)17(4)12-20)22(26(28)29)13-21(23)25(27)30-6/h7-13H,1-6H3. The Bertz CT molecular complexity index is 1180. The van der Waals surface area contributed by atoms with Crippen molar-refractivity contribution >= 4 is 11.7 Å². The Kier molecular flexibility index (Phi) is 5.74. The molecule has 0 aromatic heterocycles. The van der Waals surface area contributed by atoms with Gasteiger partial charge in [-0.3, -0.25) is 10.1 Å². The van der Waals surface area contributed by atoms with Crippen LogP contribution in [0, 0.1) is 44.7 Å². The number of carbonyl (C=O) groups is 1. The second-order valence-electron chi connectivity index (χ2n) is 7.67. The molecule has 0 fully saturated rings. The van der Waals surface area contributed by atoms with Gasteiger partial charge in [0.2, 0.25) is 0 Å². The van der Waals surface area contributed by atoms with Crippen LogP contribution in [0.2, 0.25) is 0 Å². The quantitative estimate of drug-likeness (QED) is 0.293. The molecule has 0 heterocycles. The molecular formula is C25H25NO4. The van der Waals surface area contributed by atoms with E-state index in [0.29, 0.717) is 16.7 Å². The van der Waals surface area contributed by atoms with E-state index in [-0.39, 0.29) is 11.3 Å². The van der Waals surface area contributed by atoms with E-state index in [4.69, 9.17) is 4.74 Å². The van der Waals surface area contributed by atoms with E-state index >= 15 is 0 Å². The van der Waals surface area contributed by atoms with Gasteiger partial charge in [0.15, 0.2) is 0 Å². The normalized spacial score (nSPS) is 10.7.